The molecule has 2 saturated heterocycles. The first-order valence-corrected chi connectivity index (χ1v) is 5.42. The Bertz CT molecular complexity index is 227. The van der Waals surface area contributed by atoms with Gasteiger partial charge in [-0.1, -0.05) is 6.92 Å². The maximum absolute atomic E-state index is 5.87. The van der Waals surface area contributed by atoms with Crippen LogP contribution in [0.4, 0.5) is 0 Å². The van der Waals surface area contributed by atoms with E-state index in [0.717, 1.165) is 0 Å². The van der Waals surface area contributed by atoms with E-state index >= 15 is 0 Å². The van der Waals surface area contributed by atoms with Gasteiger partial charge >= 0.3 is 0 Å². The average Bonchev–Trinajstić information content (AvgIpc) is 2.69. The Morgan fingerprint density at radius 3 is 1.93 bits per heavy atom. The molecule has 82 valence electrons. The molecule has 0 aromatic rings. The Kier molecular flexibility index (Phi) is 2.37. The zero-order valence-corrected chi connectivity index (χ0v) is 9.61. The summed E-state index contributed by atoms with van der Waals surface area (Å²) >= 11 is 0. The third kappa shape index (κ3) is 1.81. The Hall–Kier alpha value is -0.120. The van der Waals surface area contributed by atoms with E-state index in [-0.39, 0.29) is 12.2 Å². The lowest BCUT2D eigenvalue weighted by Crippen LogP contribution is -2.31. The smallest absolute Gasteiger partial charge is 0.163 e. The summed E-state index contributed by atoms with van der Waals surface area (Å²) in [6.07, 6.45) is 1.08. The quantitative estimate of drug-likeness (QED) is 0.638. The van der Waals surface area contributed by atoms with Crippen molar-refractivity contribution in [3.63, 3.8) is 0 Å². The topological polar surface area (TPSA) is 31.0 Å². The van der Waals surface area contributed by atoms with Crippen molar-refractivity contribution in [2.75, 3.05) is 0 Å². The molecule has 3 heteroatoms. The lowest BCUT2D eigenvalue weighted by Gasteiger charge is -2.20. The Balaban J connectivity index is 1.98. The first-order chi connectivity index (χ1) is 6.41. The van der Waals surface area contributed by atoms with E-state index in [2.05, 4.69) is 20.8 Å². The van der Waals surface area contributed by atoms with Gasteiger partial charge in [-0.05, 0) is 27.7 Å². The van der Waals surface area contributed by atoms with Gasteiger partial charge in [0.1, 0.15) is 0 Å². The number of hydrogen-bond donors (Lipinski definition) is 0. The van der Waals surface area contributed by atoms with Crippen LogP contribution in [0.3, 0.4) is 0 Å². The van der Waals surface area contributed by atoms with Gasteiger partial charge < -0.3 is 14.2 Å². The molecule has 2 rings (SSSR count). The molecule has 0 aliphatic carbocycles. The Morgan fingerprint density at radius 1 is 1.00 bits per heavy atom. The van der Waals surface area contributed by atoms with Crippen molar-refractivity contribution in [2.45, 2.75) is 64.8 Å². The van der Waals surface area contributed by atoms with E-state index in [1.165, 1.54) is 0 Å². The van der Waals surface area contributed by atoms with Crippen LogP contribution in [0.2, 0.25) is 0 Å². The molecule has 0 N–H and O–H groups in total. The SMILES string of the molecule is C[C@H]([C@H]1OC(C)(C)O[C@@H]1C)[C@@H]1O[C@@H]1C. The summed E-state index contributed by atoms with van der Waals surface area (Å²) in [5.41, 5.74) is 0. The summed E-state index contributed by atoms with van der Waals surface area (Å²) in [4.78, 5) is 0. The zero-order chi connectivity index (χ0) is 10.5. The number of rotatable bonds is 2. The average molecular weight is 200 g/mol. The van der Waals surface area contributed by atoms with Crippen molar-refractivity contribution >= 4 is 0 Å². The summed E-state index contributed by atoms with van der Waals surface area (Å²) in [6, 6.07) is 0. The fraction of sp³-hybridized carbons (Fsp3) is 1.00. The first-order valence-electron chi connectivity index (χ1n) is 5.42. The molecule has 0 unspecified atom stereocenters. The standard InChI is InChI=1S/C11H20O3/c1-6(9-7(2)12-9)10-8(3)13-11(4,5)14-10/h6-10H,1-5H3/t6-,7+,8+,9-,10+/m0/s1. The van der Waals surface area contributed by atoms with Crippen molar-refractivity contribution < 1.29 is 14.2 Å². The summed E-state index contributed by atoms with van der Waals surface area (Å²) in [6.45, 7) is 10.3. The van der Waals surface area contributed by atoms with Crippen LogP contribution < -0.4 is 0 Å². The molecule has 0 aromatic carbocycles. The van der Waals surface area contributed by atoms with Gasteiger partial charge in [-0.3, -0.25) is 0 Å². The van der Waals surface area contributed by atoms with Crippen LogP contribution in [-0.4, -0.2) is 30.2 Å². The maximum atomic E-state index is 5.87. The fourth-order valence-electron chi connectivity index (χ4n) is 2.44. The Morgan fingerprint density at radius 2 is 1.57 bits per heavy atom. The van der Waals surface area contributed by atoms with Crippen LogP contribution in [0, 0.1) is 5.92 Å². The molecule has 2 heterocycles. The van der Waals surface area contributed by atoms with Crippen molar-refractivity contribution in [3.05, 3.63) is 0 Å². The zero-order valence-electron chi connectivity index (χ0n) is 9.61. The van der Waals surface area contributed by atoms with Gasteiger partial charge in [-0.15, -0.1) is 0 Å². The highest BCUT2D eigenvalue weighted by Crippen LogP contribution is 2.39. The summed E-state index contributed by atoms with van der Waals surface area (Å²) < 4.78 is 17.1. The van der Waals surface area contributed by atoms with Crippen LogP contribution in [0.15, 0.2) is 0 Å². The van der Waals surface area contributed by atoms with E-state index in [0.29, 0.717) is 18.1 Å². The molecule has 3 nitrogen and oxygen atoms in total. The highest BCUT2D eigenvalue weighted by atomic mass is 16.8. The lowest BCUT2D eigenvalue weighted by molar-refractivity contribution is -0.149. The number of ether oxygens (including phenoxy) is 3. The molecule has 2 aliphatic heterocycles. The van der Waals surface area contributed by atoms with Gasteiger partial charge in [-0.25, -0.2) is 0 Å². The summed E-state index contributed by atoms with van der Waals surface area (Å²) in [5.74, 6) is -0.0157. The maximum Gasteiger partial charge on any atom is 0.163 e. The number of epoxide rings is 1. The van der Waals surface area contributed by atoms with Gasteiger partial charge in [0, 0.05) is 5.92 Å². The largest absolute Gasteiger partial charge is 0.369 e. The van der Waals surface area contributed by atoms with Crippen LogP contribution >= 0.6 is 0 Å². The molecule has 14 heavy (non-hydrogen) atoms. The van der Waals surface area contributed by atoms with E-state index in [9.17, 15) is 0 Å². The van der Waals surface area contributed by atoms with Crippen molar-refractivity contribution in [3.8, 4) is 0 Å². The second-order valence-corrected chi connectivity index (χ2v) is 4.97. The first kappa shape index (κ1) is 10.4. The predicted octanol–water partition coefficient (Wildman–Crippen LogP) is 1.95. The van der Waals surface area contributed by atoms with E-state index in [4.69, 9.17) is 14.2 Å². The monoisotopic (exact) mass is 200 g/mol. The van der Waals surface area contributed by atoms with Gasteiger partial charge in [0.25, 0.3) is 0 Å². The third-order valence-corrected chi connectivity index (χ3v) is 3.15. The minimum absolute atomic E-state index is 0.163. The van der Waals surface area contributed by atoms with Crippen LogP contribution in [0.25, 0.3) is 0 Å². The highest BCUT2D eigenvalue weighted by molar-refractivity contribution is 4.93. The van der Waals surface area contributed by atoms with E-state index in [1.54, 1.807) is 0 Å². The molecule has 5 atom stereocenters. The van der Waals surface area contributed by atoms with Gasteiger partial charge in [-0.2, -0.15) is 0 Å². The molecule has 0 saturated carbocycles. The molecular weight excluding hydrogens is 180 g/mol. The van der Waals surface area contributed by atoms with Crippen molar-refractivity contribution in [1.82, 2.24) is 0 Å². The van der Waals surface area contributed by atoms with Crippen LogP contribution in [0.1, 0.15) is 34.6 Å². The molecule has 2 fully saturated rings. The van der Waals surface area contributed by atoms with Gasteiger partial charge in [0.05, 0.1) is 24.4 Å². The molecule has 2 aliphatic rings. The van der Waals surface area contributed by atoms with E-state index < -0.39 is 5.79 Å². The molecule has 0 radical (unpaired) electrons. The second-order valence-electron chi connectivity index (χ2n) is 4.97. The highest BCUT2D eigenvalue weighted by Gasteiger charge is 2.49. The summed E-state index contributed by atoms with van der Waals surface area (Å²) in [7, 11) is 0. The lowest BCUT2D eigenvalue weighted by atomic mass is 9.96. The third-order valence-electron chi connectivity index (χ3n) is 3.15. The number of hydrogen-bond acceptors (Lipinski definition) is 3. The fourth-order valence-corrected chi connectivity index (χ4v) is 2.44. The normalized spacial score (nSPS) is 47.8. The van der Waals surface area contributed by atoms with Crippen LogP contribution in [0.5, 0.6) is 0 Å². The second kappa shape index (κ2) is 3.19. The minimum Gasteiger partial charge on any atom is -0.369 e. The van der Waals surface area contributed by atoms with Crippen molar-refractivity contribution in [2.24, 2.45) is 5.92 Å². The molecule has 0 spiro atoms. The van der Waals surface area contributed by atoms with Crippen LogP contribution in [-0.2, 0) is 14.2 Å². The molecule has 0 aromatic heterocycles. The molecule has 0 amide bonds. The van der Waals surface area contributed by atoms with E-state index in [1.807, 2.05) is 13.8 Å². The minimum atomic E-state index is -0.434. The summed E-state index contributed by atoms with van der Waals surface area (Å²) in [5, 5.41) is 0. The predicted molar refractivity (Wildman–Crippen MR) is 53.0 cm³/mol. The molecule has 0 bridgehead atoms. The van der Waals surface area contributed by atoms with Crippen molar-refractivity contribution in [1.29, 1.82) is 0 Å². The Labute approximate surface area is 85.7 Å². The molecular formula is C11H20O3. The van der Waals surface area contributed by atoms with Gasteiger partial charge in [0.15, 0.2) is 5.79 Å². The van der Waals surface area contributed by atoms with Gasteiger partial charge in [0.2, 0.25) is 0 Å².